The van der Waals surface area contributed by atoms with Gasteiger partial charge in [0.05, 0.1) is 4.21 Å². The molecule has 0 radical (unpaired) electrons. The first kappa shape index (κ1) is 12.5. The summed E-state index contributed by atoms with van der Waals surface area (Å²) in [6.45, 7) is 8.08. The molecule has 2 unspecified atom stereocenters. The van der Waals surface area contributed by atoms with Crippen molar-refractivity contribution in [3.63, 3.8) is 0 Å². The van der Waals surface area contributed by atoms with Gasteiger partial charge in [-0.15, -0.1) is 23.1 Å². The van der Waals surface area contributed by atoms with E-state index in [4.69, 9.17) is 0 Å². The predicted molar refractivity (Wildman–Crippen MR) is 74.4 cm³/mol. The summed E-state index contributed by atoms with van der Waals surface area (Å²) >= 11 is 3.93. The van der Waals surface area contributed by atoms with Crippen molar-refractivity contribution in [2.75, 3.05) is 6.54 Å². The summed E-state index contributed by atoms with van der Waals surface area (Å²) in [5.41, 5.74) is 0.449. The highest BCUT2D eigenvalue weighted by molar-refractivity contribution is 8.01. The zero-order valence-electron chi connectivity index (χ0n) is 10.3. The van der Waals surface area contributed by atoms with Gasteiger partial charge in [-0.3, -0.25) is 0 Å². The lowest BCUT2D eigenvalue weighted by molar-refractivity contribution is 0.290. The number of hydrogen-bond donors (Lipinski definition) is 1. The lowest BCUT2D eigenvalue weighted by atomic mass is 9.87. The van der Waals surface area contributed by atoms with Crippen LogP contribution in [0.3, 0.4) is 0 Å². The molecular formula is C13H21NS2. The average Bonchev–Trinajstić information content (AvgIpc) is 2.81. The second-order valence-corrected chi connectivity index (χ2v) is 7.64. The Bertz CT molecular complexity index is 319. The molecule has 0 saturated heterocycles. The van der Waals surface area contributed by atoms with E-state index in [1.54, 1.807) is 0 Å². The van der Waals surface area contributed by atoms with Crippen molar-refractivity contribution in [1.29, 1.82) is 0 Å². The summed E-state index contributed by atoms with van der Waals surface area (Å²) in [6, 6.07) is 5.04. The topological polar surface area (TPSA) is 12.0 Å². The van der Waals surface area contributed by atoms with Crippen molar-refractivity contribution in [1.82, 2.24) is 5.32 Å². The fraction of sp³-hybridized carbons (Fsp3) is 0.692. The number of rotatable bonds is 4. The Morgan fingerprint density at radius 3 is 3.00 bits per heavy atom. The van der Waals surface area contributed by atoms with Crippen molar-refractivity contribution in [2.24, 2.45) is 5.41 Å². The summed E-state index contributed by atoms with van der Waals surface area (Å²) in [5.74, 6) is 0. The molecule has 90 valence electrons. The summed E-state index contributed by atoms with van der Waals surface area (Å²) in [4.78, 5) is 0. The molecule has 16 heavy (non-hydrogen) atoms. The molecule has 1 nitrogen and oxygen atoms in total. The van der Waals surface area contributed by atoms with Crippen LogP contribution in [0.15, 0.2) is 21.7 Å². The Morgan fingerprint density at radius 2 is 2.38 bits per heavy atom. The fourth-order valence-corrected chi connectivity index (χ4v) is 5.07. The lowest BCUT2D eigenvalue weighted by Gasteiger charge is -2.31. The Kier molecular flexibility index (Phi) is 3.98. The molecule has 0 bridgehead atoms. The van der Waals surface area contributed by atoms with Crippen LogP contribution < -0.4 is 5.32 Å². The van der Waals surface area contributed by atoms with Crippen molar-refractivity contribution in [2.45, 2.75) is 49.1 Å². The van der Waals surface area contributed by atoms with Crippen LogP contribution in [0, 0.1) is 5.41 Å². The van der Waals surface area contributed by atoms with E-state index in [0.29, 0.717) is 11.5 Å². The Balaban J connectivity index is 2.04. The quantitative estimate of drug-likeness (QED) is 0.872. The first-order valence-electron chi connectivity index (χ1n) is 6.07. The third kappa shape index (κ3) is 2.63. The highest BCUT2D eigenvalue weighted by atomic mass is 32.2. The summed E-state index contributed by atoms with van der Waals surface area (Å²) < 4.78 is 1.46. The van der Waals surface area contributed by atoms with E-state index in [9.17, 15) is 0 Å². The number of thioether (sulfide) groups is 1. The van der Waals surface area contributed by atoms with Crippen LogP contribution in [-0.4, -0.2) is 17.8 Å². The molecule has 3 heteroatoms. The molecule has 1 aliphatic carbocycles. The van der Waals surface area contributed by atoms with Crippen molar-refractivity contribution >= 4 is 23.1 Å². The number of thiophene rings is 1. The molecule has 1 heterocycles. The zero-order valence-corrected chi connectivity index (χ0v) is 12.0. The van der Waals surface area contributed by atoms with Crippen LogP contribution in [0.25, 0.3) is 0 Å². The molecule has 2 rings (SSSR count). The molecule has 0 amide bonds. The van der Waals surface area contributed by atoms with Crippen LogP contribution >= 0.6 is 23.1 Å². The van der Waals surface area contributed by atoms with Gasteiger partial charge in [-0.05, 0) is 36.2 Å². The van der Waals surface area contributed by atoms with Gasteiger partial charge < -0.3 is 5.32 Å². The molecule has 1 N–H and O–H groups in total. The summed E-state index contributed by atoms with van der Waals surface area (Å²) in [7, 11) is 0. The van der Waals surface area contributed by atoms with Crippen LogP contribution in [0.2, 0.25) is 0 Å². The summed E-state index contributed by atoms with van der Waals surface area (Å²) in [5, 5.41) is 6.60. The molecule has 0 aliphatic heterocycles. The van der Waals surface area contributed by atoms with Crippen LogP contribution in [0.1, 0.15) is 33.6 Å². The Hall–Kier alpha value is 0.01000. The van der Waals surface area contributed by atoms with Crippen LogP contribution in [0.5, 0.6) is 0 Å². The van der Waals surface area contributed by atoms with Crippen molar-refractivity contribution in [3.05, 3.63) is 17.5 Å². The Labute approximate surface area is 107 Å². The SMILES string of the molecule is CCNC1C(Sc2cccs2)CCC1(C)C. The number of nitrogens with one attached hydrogen (secondary N) is 1. The molecule has 1 saturated carbocycles. The molecule has 1 aromatic rings. The van der Waals surface area contributed by atoms with E-state index in [2.05, 4.69) is 55.4 Å². The van der Waals surface area contributed by atoms with Crippen LogP contribution in [0.4, 0.5) is 0 Å². The maximum atomic E-state index is 3.68. The monoisotopic (exact) mass is 255 g/mol. The van der Waals surface area contributed by atoms with Gasteiger partial charge in [-0.1, -0.05) is 26.8 Å². The van der Waals surface area contributed by atoms with Gasteiger partial charge in [0, 0.05) is 11.3 Å². The fourth-order valence-electron chi connectivity index (χ4n) is 2.57. The lowest BCUT2D eigenvalue weighted by Crippen LogP contribution is -2.43. The van der Waals surface area contributed by atoms with Gasteiger partial charge in [0.25, 0.3) is 0 Å². The zero-order chi connectivity index (χ0) is 11.6. The first-order valence-corrected chi connectivity index (χ1v) is 7.83. The van der Waals surface area contributed by atoms with Crippen molar-refractivity contribution in [3.8, 4) is 0 Å². The Morgan fingerprint density at radius 1 is 1.56 bits per heavy atom. The molecule has 2 atom stereocenters. The number of hydrogen-bond acceptors (Lipinski definition) is 3. The van der Waals surface area contributed by atoms with E-state index in [1.165, 1.54) is 17.1 Å². The predicted octanol–water partition coefficient (Wildman–Crippen LogP) is 4.01. The van der Waals surface area contributed by atoms with E-state index in [-0.39, 0.29) is 0 Å². The van der Waals surface area contributed by atoms with E-state index in [0.717, 1.165) is 11.8 Å². The smallest absolute Gasteiger partial charge is 0.0601 e. The largest absolute Gasteiger partial charge is 0.313 e. The molecule has 1 fully saturated rings. The normalized spacial score (nSPS) is 28.4. The molecule has 0 aromatic carbocycles. The minimum atomic E-state index is 0.449. The standard InChI is InChI=1S/C13H21NS2/c1-4-14-12-10(7-8-13(12,2)3)16-11-6-5-9-15-11/h5-6,9-10,12,14H,4,7-8H2,1-3H3. The van der Waals surface area contributed by atoms with E-state index < -0.39 is 0 Å². The molecule has 1 aliphatic rings. The van der Waals surface area contributed by atoms with Gasteiger partial charge in [0.1, 0.15) is 0 Å². The minimum Gasteiger partial charge on any atom is -0.313 e. The second-order valence-electron chi connectivity index (χ2n) is 5.15. The first-order chi connectivity index (χ1) is 7.63. The van der Waals surface area contributed by atoms with Gasteiger partial charge >= 0.3 is 0 Å². The average molecular weight is 255 g/mol. The van der Waals surface area contributed by atoms with Gasteiger partial charge in [0.15, 0.2) is 0 Å². The maximum absolute atomic E-state index is 3.68. The van der Waals surface area contributed by atoms with Gasteiger partial charge in [0.2, 0.25) is 0 Å². The van der Waals surface area contributed by atoms with Gasteiger partial charge in [-0.2, -0.15) is 0 Å². The van der Waals surface area contributed by atoms with E-state index in [1.807, 2.05) is 11.3 Å². The summed E-state index contributed by atoms with van der Waals surface area (Å²) in [6.07, 6.45) is 2.68. The minimum absolute atomic E-state index is 0.449. The second kappa shape index (κ2) is 5.11. The van der Waals surface area contributed by atoms with Gasteiger partial charge in [-0.25, -0.2) is 0 Å². The molecular weight excluding hydrogens is 234 g/mol. The molecule has 1 aromatic heterocycles. The van der Waals surface area contributed by atoms with Crippen molar-refractivity contribution < 1.29 is 0 Å². The highest BCUT2D eigenvalue weighted by Crippen LogP contribution is 2.45. The highest BCUT2D eigenvalue weighted by Gasteiger charge is 2.41. The third-order valence-electron chi connectivity index (χ3n) is 3.47. The third-order valence-corrected chi connectivity index (χ3v) is 5.89. The molecule has 0 spiro atoms. The maximum Gasteiger partial charge on any atom is 0.0601 e. The van der Waals surface area contributed by atoms with Crippen LogP contribution in [-0.2, 0) is 0 Å². The van der Waals surface area contributed by atoms with E-state index >= 15 is 0 Å².